The third kappa shape index (κ3) is 2.58. The topological polar surface area (TPSA) is 64.7 Å². The van der Waals surface area contributed by atoms with Gasteiger partial charge in [0.25, 0.3) is 0 Å². The van der Waals surface area contributed by atoms with E-state index in [9.17, 15) is 9.59 Å². The van der Waals surface area contributed by atoms with Crippen LogP contribution in [-0.4, -0.2) is 40.7 Å². The van der Waals surface area contributed by atoms with E-state index in [0.29, 0.717) is 24.3 Å². The summed E-state index contributed by atoms with van der Waals surface area (Å²) in [5.74, 6) is -0.593. The molecular weight excluding hydrogens is 272 g/mol. The Bertz CT molecular complexity index is 718. The van der Waals surface area contributed by atoms with Gasteiger partial charge in [0.1, 0.15) is 6.54 Å². The lowest BCUT2D eigenvalue weighted by Gasteiger charge is -2.36. The van der Waals surface area contributed by atoms with Crippen LogP contribution in [0.3, 0.4) is 0 Å². The molecule has 0 spiro atoms. The van der Waals surface area contributed by atoms with Gasteiger partial charge in [-0.25, -0.2) is 4.79 Å². The Morgan fingerprint density at radius 1 is 1.33 bits per heavy atom. The molecule has 0 saturated carbocycles. The van der Waals surface area contributed by atoms with E-state index >= 15 is 0 Å². The number of morpholine rings is 1. The number of rotatable bonds is 2. The van der Waals surface area contributed by atoms with E-state index in [2.05, 4.69) is 0 Å². The van der Waals surface area contributed by atoms with Crippen molar-refractivity contribution < 1.29 is 13.9 Å². The average molecular weight is 290 g/mol. The van der Waals surface area contributed by atoms with Crippen LogP contribution in [-0.2, 0) is 16.1 Å². The molecule has 6 heteroatoms. The average Bonchev–Trinajstić information content (AvgIpc) is 2.78. The maximum Gasteiger partial charge on any atom is 0.420 e. The van der Waals surface area contributed by atoms with Gasteiger partial charge in [0.15, 0.2) is 5.58 Å². The van der Waals surface area contributed by atoms with Crippen LogP contribution in [0.2, 0.25) is 0 Å². The summed E-state index contributed by atoms with van der Waals surface area (Å²) >= 11 is 0. The number of nitrogens with zero attached hydrogens (tertiary/aromatic N) is 2. The number of fused-ring (bicyclic) bond motifs is 1. The van der Waals surface area contributed by atoms with Crippen molar-refractivity contribution in [3.05, 3.63) is 34.8 Å². The van der Waals surface area contributed by atoms with E-state index in [1.165, 1.54) is 4.57 Å². The molecule has 1 aliphatic rings. The summed E-state index contributed by atoms with van der Waals surface area (Å²) in [4.78, 5) is 26.2. The van der Waals surface area contributed by atoms with E-state index < -0.39 is 5.76 Å². The van der Waals surface area contributed by atoms with Gasteiger partial charge in [0.05, 0.1) is 24.3 Å². The molecule has 2 aromatic rings. The number of para-hydroxylation sites is 2. The van der Waals surface area contributed by atoms with Gasteiger partial charge in [-0.15, -0.1) is 0 Å². The molecule has 1 fully saturated rings. The second-order valence-electron chi connectivity index (χ2n) is 5.46. The van der Waals surface area contributed by atoms with Crippen molar-refractivity contribution in [2.24, 2.45) is 0 Å². The third-order valence-electron chi connectivity index (χ3n) is 3.80. The molecule has 2 atom stereocenters. The molecule has 1 aromatic carbocycles. The Labute approximate surface area is 121 Å². The number of hydrogen-bond donors (Lipinski definition) is 0. The summed E-state index contributed by atoms with van der Waals surface area (Å²) in [5, 5.41) is 0. The number of hydrogen-bond acceptors (Lipinski definition) is 4. The Kier molecular flexibility index (Phi) is 3.55. The Balaban J connectivity index is 1.86. The van der Waals surface area contributed by atoms with E-state index in [4.69, 9.17) is 9.15 Å². The fourth-order valence-electron chi connectivity index (χ4n) is 2.64. The lowest BCUT2D eigenvalue weighted by molar-refractivity contribution is -0.143. The summed E-state index contributed by atoms with van der Waals surface area (Å²) < 4.78 is 12.0. The first-order valence-corrected chi connectivity index (χ1v) is 7.05. The van der Waals surface area contributed by atoms with Crippen molar-refractivity contribution in [2.45, 2.75) is 32.5 Å². The molecule has 0 bridgehead atoms. The maximum atomic E-state index is 12.5. The van der Waals surface area contributed by atoms with Crippen LogP contribution < -0.4 is 5.76 Å². The van der Waals surface area contributed by atoms with Crippen LogP contribution in [0.5, 0.6) is 0 Å². The molecule has 1 amide bonds. The van der Waals surface area contributed by atoms with Crippen molar-refractivity contribution >= 4 is 17.0 Å². The molecule has 0 radical (unpaired) electrons. The Morgan fingerprint density at radius 2 is 2.10 bits per heavy atom. The number of carbonyl (C=O) groups excluding carboxylic acids is 1. The fourth-order valence-corrected chi connectivity index (χ4v) is 2.64. The maximum absolute atomic E-state index is 12.5. The highest BCUT2D eigenvalue weighted by atomic mass is 16.5. The normalized spacial score (nSPS) is 22.7. The molecule has 3 rings (SSSR count). The fraction of sp³-hybridized carbons (Fsp3) is 0.467. The lowest BCUT2D eigenvalue weighted by Crippen LogP contribution is -2.51. The van der Waals surface area contributed by atoms with Crippen molar-refractivity contribution in [1.29, 1.82) is 0 Å². The summed E-state index contributed by atoms with van der Waals surface area (Å²) in [5.41, 5.74) is 1.14. The van der Waals surface area contributed by atoms with Crippen LogP contribution in [0.1, 0.15) is 13.8 Å². The van der Waals surface area contributed by atoms with E-state index in [-0.39, 0.29) is 24.6 Å². The molecular formula is C15H18N2O4. The summed E-state index contributed by atoms with van der Waals surface area (Å²) in [6.45, 7) is 4.94. The van der Waals surface area contributed by atoms with Crippen LogP contribution in [0, 0.1) is 0 Å². The standard InChI is InChI=1S/C15H18N2O4/c1-10-9-20-11(2)7-16(10)14(18)8-17-12-5-3-4-6-13(12)21-15(17)19/h3-6,10-11H,7-9H2,1-2H3/t10-,11-/m1/s1. The number of oxazole rings is 1. The molecule has 0 N–H and O–H groups in total. The lowest BCUT2D eigenvalue weighted by atomic mass is 10.2. The van der Waals surface area contributed by atoms with Crippen molar-refractivity contribution in [3.63, 3.8) is 0 Å². The van der Waals surface area contributed by atoms with E-state index in [1.807, 2.05) is 19.9 Å². The molecule has 2 heterocycles. The van der Waals surface area contributed by atoms with Gasteiger partial charge in [-0.05, 0) is 26.0 Å². The largest absolute Gasteiger partial charge is 0.420 e. The predicted octanol–water partition coefficient (Wildman–Crippen LogP) is 1.23. The summed E-state index contributed by atoms with van der Waals surface area (Å²) in [6.07, 6.45) is 0.0166. The molecule has 112 valence electrons. The van der Waals surface area contributed by atoms with Gasteiger partial charge in [-0.3, -0.25) is 9.36 Å². The van der Waals surface area contributed by atoms with Gasteiger partial charge in [0, 0.05) is 6.54 Å². The minimum absolute atomic E-state index is 0.00704. The van der Waals surface area contributed by atoms with Crippen molar-refractivity contribution in [1.82, 2.24) is 9.47 Å². The molecule has 6 nitrogen and oxygen atoms in total. The van der Waals surface area contributed by atoms with Gasteiger partial charge >= 0.3 is 5.76 Å². The summed E-state index contributed by atoms with van der Waals surface area (Å²) in [6, 6.07) is 7.12. The monoisotopic (exact) mass is 290 g/mol. The van der Waals surface area contributed by atoms with Crippen LogP contribution >= 0.6 is 0 Å². The molecule has 21 heavy (non-hydrogen) atoms. The van der Waals surface area contributed by atoms with Gasteiger partial charge in [-0.2, -0.15) is 0 Å². The van der Waals surface area contributed by atoms with Crippen LogP contribution in [0.15, 0.2) is 33.5 Å². The van der Waals surface area contributed by atoms with Gasteiger partial charge in [-0.1, -0.05) is 12.1 Å². The van der Waals surface area contributed by atoms with E-state index in [1.54, 1.807) is 23.1 Å². The number of ether oxygens (including phenoxy) is 1. The summed E-state index contributed by atoms with van der Waals surface area (Å²) in [7, 11) is 0. The quantitative estimate of drug-likeness (QED) is 0.834. The first kappa shape index (κ1) is 13.9. The molecule has 0 unspecified atom stereocenters. The minimum Gasteiger partial charge on any atom is -0.408 e. The molecule has 1 aromatic heterocycles. The van der Waals surface area contributed by atoms with Crippen LogP contribution in [0.4, 0.5) is 0 Å². The highest BCUT2D eigenvalue weighted by Gasteiger charge is 2.28. The SMILES string of the molecule is C[C@@H]1CN(C(=O)Cn2c(=O)oc3ccccc32)[C@H](C)CO1. The predicted molar refractivity (Wildman–Crippen MR) is 77.1 cm³/mol. The Morgan fingerprint density at radius 3 is 2.90 bits per heavy atom. The highest BCUT2D eigenvalue weighted by Crippen LogP contribution is 2.15. The van der Waals surface area contributed by atoms with Crippen molar-refractivity contribution in [3.8, 4) is 0 Å². The van der Waals surface area contributed by atoms with Gasteiger partial charge in [0.2, 0.25) is 5.91 Å². The van der Waals surface area contributed by atoms with Crippen molar-refractivity contribution in [2.75, 3.05) is 13.2 Å². The molecule has 1 aliphatic heterocycles. The van der Waals surface area contributed by atoms with E-state index in [0.717, 1.165) is 0 Å². The number of aromatic nitrogens is 1. The highest BCUT2D eigenvalue weighted by molar-refractivity contribution is 5.80. The Hall–Kier alpha value is -2.08. The smallest absolute Gasteiger partial charge is 0.408 e. The number of benzene rings is 1. The minimum atomic E-state index is -0.501. The number of carbonyl (C=O) groups is 1. The second-order valence-corrected chi connectivity index (χ2v) is 5.46. The molecule has 1 saturated heterocycles. The van der Waals surface area contributed by atoms with Gasteiger partial charge < -0.3 is 14.1 Å². The zero-order valence-electron chi connectivity index (χ0n) is 12.1. The first-order chi connectivity index (χ1) is 10.1. The number of amides is 1. The zero-order valence-corrected chi connectivity index (χ0v) is 12.1. The zero-order chi connectivity index (χ0) is 15.0. The molecule has 0 aliphatic carbocycles. The second kappa shape index (κ2) is 5.37. The van der Waals surface area contributed by atoms with Crippen LogP contribution in [0.25, 0.3) is 11.1 Å². The third-order valence-corrected chi connectivity index (χ3v) is 3.80. The first-order valence-electron chi connectivity index (χ1n) is 7.05.